The summed E-state index contributed by atoms with van der Waals surface area (Å²) in [6, 6.07) is 11.8. The molecule has 0 fully saturated rings. The lowest BCUT2D eigenvalue weighted by atomic mass is 9.96. The van der Waals surface area contributed by atoms with E-state index in [0.29, 0.717) is 17.1 Å². The normalized spacial score (nSPS) is 14.6. The molecule has 0 heterocycles. The number of aliphatic hydroxyl groups is 1. The molecule has 1 atom stereocenters. The first-order chi connectivity index (χ1) is 10.2. The third-order valence-electron chi connectivity index (χ3n) is 4.18. The second-order valence-corrected chi connectivity index (χ2v) is 5.36. The van der Waals surface area contributed by atoms with Crippen molar-refractivity contribution in [2.75, 3.05) is 14.2 Å². The number of aryl methyl sites for hydroxylation is 2. The molecule has 1 aliphatic carbocycles. The zero-order valence-electron chi connectivity index (χ0n) is 12.4. The van der Waals surface area contributed by atoms with Gasteiger partial charge in [0.1, 0.15) is 17.6 Å². The molecule has 21 heavy (non-hydrogen) atoms. The standard InChI is InChI=1S/C18H20O3/c1-20-15-7-4-8-16(21-2)17(15)18(19)14-10-9-12-5-3-6-13(12)11-14/h4,7-11,18-19H,3,5-6H2,1-2H3. The molecule has 2 aromatic carbocycles. The first-order valence-electron chi connectivity index (χ1n) is 7.25. The highest BCUT2D eigenvalue weighted by Crippen LogP contribution is 2.38. The lowest BCUT2D eigenvalue weighted by Gasteiger charge is -2.19. The van der Waals surface area contributed by atoms with E-state index in [0.717, 1.165) is 18.4 Å². The second kappa shape index (κ2) is 5.78. The summed E-state index contributed by atoms with van der Waals surface area (Å²) in [5.41, 5.74) is 4.32. The first-order valence-corrected chi connectivity index (χ1v) is 7.25. The number of benzene rings is 2. The summed E-state index contributed by atoms with van der Waals surface area (Å²) in [7, 11) is 3.21. The molecule has 0 aliphatic heterocycles. The van der Waals surface area contributed by atoms with Crippen molar-refractivity contribution in [3.05, 3.63) is 58.7 Å². The molecule has 3 nitrogen and oxygen atoms in total. The largest absolute Gasteiger partial charge is 0.496 e. The van der Waals surface area contributed by atoms with E-state index in [2.05, 4.69) is 12.1 Å². The number of hydrogen-bond donors (Lipinski definition) is 1. The number of rotatable bonds is 4. The molecule has 0 spiro atoms. The molecule has 3 heteroatoms. The molecule has 110 valence electrons. The van der Waals surface area contributed by atoms with E-state index in [1.165, 1.54) is 17.5 Å². The third-order valence-corrected chi connectivity index (χ3v) is 4.18. The van der Waals surface area contributed by atoms with Gasteiger partial charge >= 0.3 is 0 Å². The van der Waals surface area contributed by atoms with Crippen molar-refractivity contribution in [3.63, 3.8) is 0 Å². The Kier molecular flexibility index (Phi) is 3.84. The molecular formula is C18H20O3. The molecule has 1 aliphatic rings. The van der Waals surface area contributed by atoms with Gasteiger partial charge in [-0.15, -0.1) is 0 Å². The van der Waals surface area contributed by atoms with Crippen molar-refractivity contribution in [1.82, 2.24) is 0 Å². The number of methoxy groups -OCH3 is 2. The van der Waals surface area contributed by atoms with Gasteiger partial charge in [0.25, 0.3) is 0 Å². The summed E-state index contributed by atoms with van der Waals surface area (Å²) in [6.07, 6.45) is 2.69. The Hall–Kier alpha value is -2.00. The van der Waals surface area contributed by atoms with Crippen molar-refractivity contribution < 1.29 is 14.6 Å². The maximum atomic E-state index is 10.8. The van der Waals surface area contributed by atoms with Crippen molar-refractivity contribution in [1.29, 1.82) is 0 Å². The molecule has 2 aromatic rings. The Morgan fingerprint density at radius 2 is 1.62 bits per heavy atom. The smallest absolute Gasteiger partial charge is 0.128 e. The van der Waals surface area contributed by atoms with Crippen molar-refractivity contribution in [3.8, 4) is 11.5 Å². The van der Waals surface area contributed by atoms with Gasteiger partial charge in [0.2, 0.25) is 0 Å². The van der Waals surface area contributed by atoms with E-state index < -0.39 is 6.10 Å². The highest BCUT2D eigenvalue weighted by molar-refractivity contribution is 5.50. The zero-order valence-corrected chi connectivity index (χ0v) is 12.4. The zero-order chi connectivity index (χ0) is 14.8. The van der Waals surface area contributed by atoms with Gasteiger partial charge in [-0.1, -0.05) is 24.3 Å². The Labute approximate surface area is 125 Å². The van der Waals surface area contributed by atoms with Gasteiger partial charge in [0, 0.05) is 0 Å². The lowest BCUT2D eigenvalue weighted by Crippen LogP contribution is -2.05. The number of aliphatic hydroxyl groups excluding tert-OH is 1. The quantitative estimate of drug-likeness (QED) is 0.936. The van der Waals surface area contributed by atoms with Gasteiger partial charge < -0.3 is 14.6 Å². The van der Waals surface area contributed by atoms with E-state index in [1.54, 1.807) is 14.2 Å². The predicted molar refractivity (Wildman–Crippen MR) is 82.1 cm³/mol. The average molecular weight is 284 g/mol. The van der Waals surface area contributed by atoms with Crippen LogP contribution in [0.25, 0.3) is 0 Å². The molecule has 1 N–H and O–H groups in total. The molecule has 1 unspecified atom stereocenters. The van der Waals surface area contributed by atoms with E-state index >= 15 is 0 Å². The van der Waals surface area contributed by atoms with Gasteiger partial charge in [-0.2, -0.15) is 0 Å². The molecular weight excluding hydrogens is 264 g/mol. The second-order valence-electron chi connectivity index (χ2n) is 5.36. The Bertz CT molecular complexity index is 627. The fraction of sp³-hybridized carbons (Fsp3) is 0.333. The maximum absolute atomic E-state index is 10.8. The van der Waals surface area contributed by atoms with Crippen molar-refractivity contribution >= 4 is 0 Å². The van der Waals surface area contributed by atoms with E-state index in [1.807, 2.05) is 24.3 Å². The average Bonchev–Trinajstić information content (AvgIpc) is 3.00. The van der Waals surface area contributed by atoms with E-state index in [-0.39, 0.29) is 0 Å². The van der Waals surface area contributed by atoms with Crippen LogP contribution in [0, 0.1) is 0 Å². The van der Waals surface area contributed by atoms with Crippen LogP contribution in [0.5, 0.6) is 11.5 Å². The predicted octanol–water partition coefficient (Wildman–Crippen LogP) is 3.27. The maximum Gasteiger partial charge on any atom is 0.128 e. The van der Waals surface area contributed by atoms with Crippen LogP contribution < -0.4 is 9.47 Å². The summed E-state index contributed by atoms with van der Waals surface area (Å²) in [4.78, 5) is 0. The summed E-state index contributed by atoms with van der Waals surface area (Å²) in [5, 5.41) is 10.8. The summed E-state index contributed by atoms with van der Waals surface area (Å²) in [5.74, 6) is 1.28. The van der Waals surface area contributed by atoms with Crippen LogP contribution in [-0.2, 0) is 12.8 Å². The van der Waals surface area contributed by atoms with Crippen molar-refractivity contribution in [2.45, 2.75) is 25.4 Å². The molecule has 0 radical (unpaired) electrons. The van der Waals surface area contributed by atoms with Gasteiger partial charge in [-0.3, -0.25) is 0 Å². The number of fused-ring (bicyclic) bond motifs is 1. The van der Waals surface area contributed by atoms with E-state index in [9.17, 15) is 5.11 Å². The molecule has 3 rings (SSSR count). The van der Waals surface area contributed by atoms with Crippen LogP contribution in [0.4, 0.5) is 0 Å². The SMILES string of the molecule is COc1cccc(OC)c1C(O)c1ccc2c(c1)CCC2. The highest BCUT2D eigenvalue weighted by Gasteiger charge is 2.22. The third kappa shape index (κ3) is 2.49. The first kappa shape index (κ1) is 14.0. The monoisotopic (exact) mass is 284 g/mol. The van der Waals surface area contributed by atoms with Gasteiger partial charge in [-0.25, -0.2) is 0 Å². The fourth-order valence-corrected chi connectivity index (χ4v) is 3.08. The lowest BCUT2D eigenvalue weighted by molar-refractivity contribution is 0.208. The molecule has 0 amide bonds. The van der Waals surface area contributed by atoms with Gasteiger partial charge in [0.15, 0.2) is 0 Å². The highest BCUT2D eigenvalue weighted by atomic mass is 16.5. The fourth-order valence-electron chi connectivity index (χ4n) is 3.08. The molecule has 0 saturated heterocycles. The van der Waals surface area contributed by atoms with Crippen LogP contribution in [0.15, 0.2) is 36.4 Å². The van der Waals surface area contributed by atoms with Crippen molar-refractivity contribution in [2.24, 2.45) is 0 Å². The van der Waals surface area contributed by atoms with Gasteiger partial charge in [-0.05, 0) is 48.1 Å². The Morgan fingerprint density at radius 3 is 2.29 bits per heavy atom. The van der Waals surface area contributed by atoms with E-state index in [4.69, 9.17) is 9.47 Å². The Balaban J connectivity index is 2.04. The van der Waals surface area contributed by atoms with Crippen LogP contribution >= 0.6 is 0 Å². The number of hydrogen-bond acceptors (Lipinski definition) is 3. The number of ether oxygens (including phenoxy) is 2. The van der Waals surface area contributed by atoms with Crippen LogP contribution in [0.1, 0.15) is 34.8 Å². The van der Waals surface area contributed by atoms with Crippen LogP contribution in [0.3, 0.4) is 0 Å². The molecule has 0 aromatic heterocycles. The minimum Gasteiger partial charge on any atom is -0.496 e. The van der Waals surface area contributed by atoms with Crippen LogP contribution in [0.2, 0.25) is 0 Å². The van der Waals surface area contributed by atoms with Gasteiger partial charge in [0.05, 0.1) is 19.8 Å². The van der Waals surface area contributed by atoms with Crippen LogP contribution in [-0.4, -0.2) is 19.3 Å². The molecule has 0 bridgehead atoms. The summed E-state index contributed by atoms with van der Waals surface area (Å²) >= 11 is 0. The minimum atomic E-state index is -0.748. The minimum absolute atomic E-state index is 0.641. The Morgan fingerprint density at radius 1 is 0.952 bits per heavy atom. The summed E-state index contributed by atoms with van der Waals surface area (Å²) < 4.78 is 10.8. The topological polar surface area (TPSA) is 38.7 Å². The molecule has 0 saturated carbocycles. The summed E-state index contributed by atoms with van der Waals surface area (Å²) in [6.45, 7) is 0.